The maximum absolute atomic E-state index is 13.5. The van der Waals surface area contributed by atoms with Gasteiger partial charge in [0.05, 0.1) is 17.3 Å². The van der Waals surface area contributed by atoms with Gasteiger partial charge < -0.3 is 10.2 Å². The van der Waals surface area contributed by atoms with E-state index in [4.69, 9.17) is 5.10 Å². The number of hydrogen-bond donors (Lipinski definition) is 1. The first-order valence-electron chi connectivity index (χ1n) is 11.6. The molecule has 0 radical (unpaired) electrons. The van der Waals surface area contributed by atoms with Crippen LogP contribution in [0, 0.1) is 11.7 Å². The summed E-state index contributed by atoms with van der Waals surface area (Å²) in [6.07, 6.45) is 6.56. The van der Waals surface area contributed by atoms with Crippen LogP contribution in [-0.2, 0) is 16.1 Å². The van der Waals surface area contributed by atoms with Gasteiger partial charge in [0.15, 0.2) is 0 Å². The molecule has 170 valence electrons. The van der Waals surface area contributed by atoms with E-state index in [1.165, 1.54) is 12.1 Å². The zero-order chi connectivity index (χ0) is 22.8. The van der Waals surface area contributed by atoms with E-state index in [0.29, 0.717) is 18.3 Å². The number of amides is 2. The van der Waals surface area contributed by atoms with Crippen molar-refractivity contribution in [3.63, 3.8) is 0 Å². The van der Waals surface area contributed by atoms with Crippen molar-refractivity contribution in [1.29, 1.82) is 0 Å². The predicted molar refractivity (Wildman–Crippen MR) is 123 cm³/mol. The molecule has 5 rings (SSSR count). The highest BCUT2D eigenvalue weighted by Gasteiger charge is 2.38. The number of hydrogen-bond acceptors (Lipinski definition) is 3. The molecule has 7 heteroatoms. The van der Waals surface area contributed by atoms with E-state index < -0.39 is 0 Å². The standard InChI is InChI=1S/C26H27FN4O2/c27-21-12-10-18(11-13-21)25-20(17-31(29-25)23-8-2-1-3-9-23)15-28-26(33)19-14-24(32)30(16-19)22-6-4-5-7-22/h1-3,8-13,17,19,22H,4-7,14-16H2,(H,28,33)/t19-/m0/s1. The molecule has 3 aromatic rings. The number of nitrogens with zero attached hydrogens (tertiary/aromatic N) is 3. The number of carbonyl (C=O) groups is 2. The lowest BCUT2D eigenvalue weighted by Crippen LogP contribution is -2.36. The minimum atomic E-state index is -0.323. The molecule has 0 bridgehead atoms. The molecule has 1 atom stereocenters. The molecule has 1 saturated heterocycles. The molecule has 1 aromatic heterocycles. The maximum Gasteiger partial charge on any atom is 0.225 e. The van der Waals surface area contributed by atoms with Crippen LogP contribution in [-0.4, -0.2) is 39.1 Å². The third-order valence-corrected chi connectivity index (χ3v) is 6.68. The molecular formula is C26H27FN4O2. The molecule has 6 nitrogen and oxygen atoms in total. The molecule has 1 aliphatic heterocycles. The minimum Gasteiger partial charge on any atom is -0.352 e. The number of halogens is 1. The topological polar surface area (TPSA) is 67.2 Å². The number of benzene rings is 2. The van der Waals surface area contributed by atoms with Gasteiger partial charge in [-0.25, -0.2) is 9.07 Å². The van der Waals surface area contributed by atoms with Crippen LogP contribution in [0.4, 0.5) is 4.39 Å². The Labute approximate surface area is 192 Å². The second kappa shape index (κ2) is 9.17. The molecule has 2 aliphatic rings. The van der Waals surface area contributed by atoms with Gasteiger partial charge in [0.2, 0.25) is 11.8 Å². The van der Waals surface area contributed by atoms with Gasteiger partial charge in [-0.2, -0.15) is 5.10 Å². The Morgan fingerprint density at radius 3 is 2.52 bits per heavy atom. The molecular weight excluding hydrogens is 419 g/mol. The normalized spacial score (nSPS) is 18.8. The highest BCUT2D eigenvalue weighted by Crippen LogP contribution is 2.30. The summed E-state index contributed by atoms with van der Waals surface area (Å²) in [5, 5.41) is 7.73. The van der Waals surface area contributed by atoms with Crippen LogP contribution in [0.15, 0.2) is 60.8 Å². The number of carbonyl (C=O) groups excluding carboxylic acids is 2. The van der Waals surface area contributed by atoms with Crippen molar-refractivity contribution in [2.75, 3.05) is 6.54 Å². The van der Waals surface area contributed by atoms with Gasteiger partial charge in [0, 0.05) is 42.9 Å². The van der Waals surface area contributed by atoms with Gasteiger partial charge in [-0.1, -0.05) is 31.0 Å². The first kappa shape index (κ1) is 21.4. The summed E-state index contributed by atoms with van der Waals surface area (Å²) in [6, 6.07) is 16.2. The van der Waals surface area contributed by atoms with Gasteiger partial charge in [0.25, 0.3) is 0 Å². The Kier molecular flexibility index (Phi) is 5.94. The summed E-state index contributed by atoms with van der Waals surface area (Å²) >= 11 is 0. The average Bonchev–Trinajstić information content (AvgIpc) is 3.58. The van der Waals surface area contributed by atoms with Crippen LogP contribution in [0.2, 0.25) is 0 Å². The fraction of sp³-hybridized carbons (Fsp3) is 0.346. The Hall–Kier alpha value is -3.48. The smallest absolute Gasteiger partial charge is 0.225 e. The molecule has 2 heterocycles. The van der Waals surface area contributed by atoms with E-state index in [1.54, 1.807) is 16.8 Å². The van der Waals surface area contributed by atoms with Crippen LogP contribution >= 0.6 is 0 Å². The van der Waals surface area contributed by atoms with Gasteiger partial charge in [0.1, 0.15) is 5.82 Å². The molecule has 1 aliphatic carbocycles. The van der Waals surface area contributed by atoms with Crippen molar-refractivity contribution < 1.29 is 14.0 Å². The first-order chi connectivity index (χ1) is 16.1. The highest BCUT2D eigenvalue weighted by molar-refractivity contribution is 5.89. The SMILES string of the molecule is O=C(NCc1cn(-c2ccccc2)nc1-c1ccc(F)cc1)[C@H]1CC(=O)N(C2CCCC2)C1. The number of aromatic nitrogens is 2. The number of rotatable bonds is 6. The van der Waals surface area contributed by atoms with Gasteiger partial charge in [-0.3, -0.25) is 9.59 Å². The van der Waals surface area contributed by atoms with E-state index in [9.17, 15) is 14.0 Å². The zero-order valence-corrected chi connectivity index (χ0v) is 18.4. The van der Waals surface area contributed by atoms with Crippen molar-refractivity contribution in [3.8, 4) is 16.9 Å². The van der Waals surface area contributed by atoms with Crippen molar-refractivity contribution >= 4 is 11.8 Å². The summed E-state index contributed by atoms with van der Waals surface area (Å²) < 4.78 is 15.2. The number of para-hydroxylation sites is 1. The van der Waals surface area contributed by atoms with E-state index in [-0.39, 0.29) is 36.5 Å². The summed E-state index contributed by atoms with van der Waals surface area (Å²) in [4.78, 5) is 27.3. The first-order valence-corrected chi connectivity index (χ1v) is 11.6. The van der Waals surface area contributed by atoms with Gasteiger partial charge in [-0.05, 0) is 49.2 Å². The predicted octanol–water partition coefficient (Wildman–Crippen LogP) is 4.09. The number of likely N-dealkylation sites (tertiary alicyclic amines) is 1. The van der Waals surface area contributed by atoms with Gasteiger partial charge in [-0.15, -0.1) is 0 Å². The van der Waals surface area contributed by atoms with Crippen molar-refractivity contribution in [3.05, 3.63) is 72.2 Å². The molecule has 0 spiro atoms. The van der Waals surface area contributed by atoms with Crippen molar-refractivity contribution in [2.45, 2.75) is 44.7 Å². The summed E-state index contributed by atoms with van der Waals surface area (Å²) in [6.45, 7) is 0.788. The second-order valence-electron chi connectivity index (χ2n) is 8.89. The van der Waals surface area contributed by atoms with Crippen LogP contribution in [0.5, 0.6) is 0 Å². The summed E-state index contributed by atoms with van der Waals surface area (Å²) in [5.74, 6) is -0.655. The van der Waals surface area contributed by atoms with Gasteiger partial charge >= 0.3 is 0 Å². The fourth-order valence-corrected chi connectivity index (χ4v) is 4.91. The monoisotopic (exact) mass is 446 g/mol. The third kappa shape index (κ3) is 4.53. The number of nitrogens with one attached hydrogen (secondary N) is 1. The molecule has 1 N–H and O–H groups in total. The van der Waals surface area contributed by atoms with Crippen LogP contribution in [0.25, 0.3) is 16.9 Å². The van der Waals surface area contributed by atoms with E-state index in [2.05, 4.69) is 5.32 Å². The summed E-state index contributed by atoms with van der Waals surface area (Å²) in [5.41, 5.74) is 3.19. The Balaban J connectivity index is 1.33. The van der Waals surface area contributed by atoms with Crippen molar-refractivity contribution in [1.82, 2.24) is 20.0 Å². The lowest BCUT2D eigenvalue weighted by molar-refractivity contribution is -0.130. The largest absolute Gasteiger partial charge is 0.352 e. The molecule has 2 amide bonds. The van der Waals surface area contributed by atoms with Crippen LogP contribution in [0.1, 0.15) is 37.7 Å². The minimum absolute atomic E-state index is 0.0888. The molecule has 33 heavy (non-hydrogen) atoms. The molecule has 0 unspecified atom stereocenters. The molecule has 1 saturated carbocycles. The van der Waals surface area contributed by atoms with E-state index in [1.807, 2.05) is 41.4 Å². The Bertz CT molecular complexity index is 1140. The molecule has 2 aromatic carbocycles. The lowest BCUT2D eigenvalue weighted by Gasteiger charge is -2.23. The molecule has 2 fully saturated rings. The second-order valence-corrected chi connectivity index (χ2v) is 8.89. The Morgan fingerprint density at radius 1 is 1.06 bits per heavy atom. The highest BCUT2D eigenvalue weighted by atomic mass is 19.1. The zero-order valence-electron chi connectivity index (χ0n) is 18.4. The maximum atomic E-state index is 13.5. The van der Waals surface area contributed by atoms with E-state index >= 15 is 0 Å². The average molecular weight is 447 g/mol. The third-order valence-electron chi connectivity index (χ3n) is 6.68. The van der Waals surface area contributed by atoms with Crippen LogP contribution in [0.3, 0.4) is 0 Å². The van der Waals surface area contributed by atoms with Crippen molar-refractivity contribution in [2.24, 2.45) is 5.92 Å². The summed E-state index contributed by atoms with van der Waals surface area (Å²) in [7, 11) is 0. The van der Waals surface area contributed by atoms with Crippen LogP contribution < -0.4 is 5.32 Å². The quantitative estimate of drug-likeness (QED) is 0.620. The lowest BCUT2D eigenvalue weighted by atomic mass is 10.1. The fourth-order valence-electron chi connectivity index (χ4n) is 4.91. The Morgan fingerprint density at radius 2 is 1.79 bits per heavy atom. The van der Waals surface area contributed by atoms with E-state index in [0.717, 1.165) is 42.5 Å².